The Labute approximate surface area is 49.7 Å². The number of hydrogen-bond acceptors (Lipinski definition) is 0. The molecule has 0 N–H and O–H groups in total. The van der Waals surface area contributed by atoms with Crippen molar-refractivity contribution >= 4 is 0 Å². The first-order valence-electron chi connectivity index (χ1n) is 2.77. The second-order valence-electron chi connectivity index (χ2n) is 1.54. The molecule has 0 saturated heterocycles. The number of rotatable bonds is 2. The Morgan fingerprint density at radius 2 is 2.25 bits per heavy atom. The monoisotopic (exact) mass is 114 g/mol. The molecule has 0 fully saturated rings. The minimum absolute atomic E-state index is 0.639. The van der Waals surface area contributed by atoms with Crippen molar-refractivity contribution in [3.8, 4) is 0 Å². The highest BCUT2D eigenvalue weighted by molar-refractivity contribution is 5.14. The zero-order valence-corrected chi connectivity index (χ0v) is 5.32. The van der Waals surface area contributed by atoms with E-state index in [9.17, 15) is 4.39 Å². The van der Waals surface area contributed by atoms with Crippen molar-refractivity contribution in [2.45, 2.75) is 20.3 Å². The standard InChI is InChI=1S/C7H11F/c1-3-5-7(4-2)6-8/h3,5-6H,4H2,1-2H3. The fraction of sp³-hybridized carbons (Fsp3) is 0.429. The molecule has 0 atom stereocenters. The third kappa shape index (κ3) is 2.56. The fourth-order valence-corrected chi connectivity index (χ4v) is 0.445. The van der Waals surface area contributed by atoms with E-state index in [2.05, 4.69) is 0 Å². The van der Waals surface area contributed by atoms with Crippen LogP contribution in [0.5, 0.6) is 0 Å². The Kier molecular flexibility index (Phi) is 4.23. The van der Waals surface area contributed by atoms with E-state index in [4.69, 9.17) is 0 Å². The molecule has 0 heterocycles. The van der Waals surface area contributed by atoms with Gasteiger partial charge in [-0.05, 0) is 18.9 Å². The molecule has 0 unspecified atom stereocenters. The number of halogens is 1. The van der Waals surface area contributed by atoms with Gasteiger partial charge in [-0.3, -0.25) is 0 Å². The van der Waals surface area contributed by atoms with Gasteiger partial charge in [0, 0.05) is 0 Å². The summed E-state index contributed by atoms with van der Waals surface area (Å²) in [6, 6.07) is 0. The van der Waals surface area contributed by atoms with Crippen molar-refractivity contribution in [1.29, 1.82) is 0 Å². The van der Waals surface area contributed by atoms with Crippen molar-refractivity contribution < 1.29 is 4.39 Å². The van der Waals surface area contributed by atoms with Crippen LogP contribution in [0.3, 0.4) is 0 Å². The molecule has 0 spiro atoms. The largest absolute Gasteiger partial charge is 0.215 e. The maximum Gasteiger partial charge on any atom is 0.0898 e. The lowest BCUT2D eigenvalue weighted by Crippen LogP contribution is -1.68. The zero-order chi connectivity index (χ0) is 6.41. The normalized spacial score (nSPS) is 13.1. The van der Waals surface area contributed by atoms with E-state index in [1.807, 2.05) is 19.9 Å². The fourth-order valence-electron chi connectivity index (χ4n) is 0.445. The van der Waals surface area contributed by atoms with Gasteiger partial charge in [0.05, 0.1) is 6.33 Å². The smallest absolute Gasteiger partial charge is 0.0898 e. The van der Waals surface area contributed by atoms with Gasteiger partial charge >= 0.3 is 0 Å². The Bertz CT molecular complexity index is 98.2. The van der Waals surface area contributed by atoms with E-state index < -0.39 is 0 Å². The third-order valence-corrected chi connectivity index (χ3v) is 0.929. The summed E-state index contributed by atoms with van der Waals surface area (Å²) in [6.07, 6.45) is 5.00. The zero-order valence-electron chi connectivity index (χ0n) is 5.32. The summed E-state index contributed by atoms with van der Waals surface area (Å²) in [5.74, 6) is 0. The lowest BCUT2D eigenvalue weighted by molar-refractivity contribution is 0.707. The van der Waals surface area contributed by atoms with Crippen molar-refractivity contribution in [3.05, 3.63) is 24.1 Å². The Morgan fingerprint density at radius 3 is 2.38 bits per heavy atom. The summed E-state index contributed by atoms with van der Waals surface area (Å²) in [5.41, 5.74) is 0.743. The quantitative estimate of drug-likeness (QED) is 0.484. The molecule has 0 rings (SSSR count). The topological polar surface area (TPSA) is 0 Å². The van der Waals surface area contributed by atoms with Crippen LogP contribution >= 0.6 is 0 Å². The van der Waals surface area contributed by atoms with Crippen molar-refractivity contribution in [2.24, 2.45) is 0 Å². The van der Waals surface area contributed by atoms with Crippen LogP contribution in [0.25, 0.3) is 0 Å². The van der Waals surface area contributed by atoms with Crippen LogP contribution in [-0.2, 0) is 0 Å². The van der Waals surface area contributed by atoms with Crippen LogP contribution in [0.4, 0.5) is 4.39 Å². The molecule has 8 heavy (non-hydrogen) atoms. The second kappa shape index (κ2) is 4.57. The molecular formula is C7H11F. The highest BCUT2D eigenvalue weighted by Gasteiger charge is 1.82. The lowest BCUT2D eigenvalue weighted by atomic mass is 10.2. The molecule has 0 nitrogen and oxygen atoms in total. The maximum absolute atomic E-state index is 11.6. The van der Waals surface area contributed by atoms with Gasteiger partial charge in [0.1, 0.15) is 0 Å². The van der Waals surface area contributed by atoms with Gasteiger partial charge in [-0.2, -0.15) is 0 Å². The van der Waals surface area contributed by atoms with Gasteiger partial charge < -0.3 is 0 Å². The van der Waals surface area contributed by atoms with Gasteiger partial charge in [-0.25, -0.2) is 4.39 Å². The van der Waals surface area contributed by atoms with E-state index in [0.29, 0.717) is 6.33 Å². The molecule has 0 aromatic carbocycles. The molecule has 0 saturated carbocycles. The van der Waals surface area contributed by atoms with Crippen LogP contribution in [0.15, 0.2) is 24.1 Å². The van der Waals surface area contributed by atoms with Gasteiger partial charge in [0.15, 0.2) is 0 Å². The molecule has 1 heteroatoms. The SMILES string of the molecule is CC=CC(=CF)CC. The van der Waals surface area contributed by atoms with Gasteiger partial charge in [-0.15, -0.1) is 0 Å². The van der Waals surface area contributed by atoms with E-state index in [1.54, 1.807) is 6.08 Å². The highest BCUT2D eigenvalue weighted by atomic mass is 19.1. The molecule has 0 radical (unpaired) electrons. The highest BCUT2D eigenvalue weighted by Crippen LogP contribution is 2.01. The van der Waals surface area contributed by atoms with Crippen LogP contribution in [-0.4, -0.2) is 0 Å². The third-order valence-electron chi connectivity index (χ3n) is 0.929. The van der Waals surface area contributed by atoms with E-state index in [1.165, 1.54) is 0 Å². The maximum atomic E-state index is 11.6. The van der Waals surface area contributed by atoms with Gasteiger partial charge in [-0.1, -0.05) is 19.1 Å². The lowest BCUT2D eigenvalue weighted by Gasteiger charge is -1.87. The summed E-state index contributed by atoms with van der Waals surface area (Å²) in [4.78, 5) is 0. The molecule has 0 aliphatic rings. The van der Waals surface area contributed by atoms with E-state index in [0.717, 1.165) is 12.0 Å². The first-order valence-corrected chi connectivity index (χ1v) is 2.77. The van der Waals surface area contributed by atoms with Crippen molar-refractivity contribution in [2.75, 3.05) is 0 Å². The van der Waals surface area contributed by atoms with Gasteiger partial charge in [0.2, 0.25) is 0 Å². The molecule has 46 valence electrons. The van der Waals surface area contributed by atoms with Crippen molar-refractivity contribution in [1.82, 2.24) is 0 Å². The minimum atomic E-state index is 0.639. The molecule has 0 aromatic rings. The Balaban J connectivity index is 3.72. The second-order valence-corrected chi connectivity index (χ2v) is 1.54. The number of allylic oxidation sites excluding steroid dienone is 3. The average molecular weight is 114 g/mol. The molecule has 0 aromatic heterocycles. The predicted molar refractivity (Wildman–Crippen MR) is 34.3 cm³/mol. The van der Waals surface area contributed by atoms with Crippen LogP contribution in [0, 0.1) is 0 Å². The van der Waals surface area contributed by atoms with Crippen LogP contribution in [0.1, 0.15) is 20.3 Å². The predicted octanol–water partition coefficient (Wildman–Crippen LogP) is 2.83. The molecule has 0 amide bonds. The first-order chi connectivity index (χ1) is 3.85. The molecule has 0 aliphatic carbocycles. The molecule has 0 bridgehead atoms. The van der Waals surface area contributed by atoms with E-state index in [-0.39, 0.29) is 0 Å². The van der Waals surface area contributed by atoms with Crippen LogP contribution in [0.2, 0.25) is 0 Å². The first kappa shape index (κ1) is 7.41. The Hall–Kier alpha value is -0.590. The summed E-state index contributed by atoms with van der Waals surface area (Å²) in [7, 11) is 0. The average Bonchev–Trinajstić information content (AvgIpc) is 1.83. The summed E-state index contributed by atoms with van der Waals surface area (Å²) in [6.45, 7) is 3.80. The summed E-state index contributed by atoms with van der Waals surface area (Å²) in [5, 5.41) is 0. The molecule has 0 aliphatic heterocycles. The Morgan fingerprint density at radius 1 is 1.62 bits per heavy atom. The summed E-state index contributed by atoms with van der Waals surface area (Å²) >= 11 is 0. The minimum Gasteiger partial charge on any atom is -0.215 e. The van der Waals surface area contributed by atoms with Gasteiger partial charge in [0.25, 0.3) is 0 Å². The van der Waals surface area contributed by atoms with Crippen LogP contribution < -0.4 is 0 Å². The molecular weight excluding hydrogens is 103 g/mol. The van der Waals surface area contributed by atoms with E-state index >= 15 is 0 Å². The van der Waals surface area contributed by atoms with Crippen molar-refractivity contribution in [3.63, 3.8) is 0 Å². The summed E-state index contributed by atoms with van der Waals surface area (Å²) < 4.78 is 11.6. The number of hydrogen-bond donors (Lipinski definition) is 0.